The van der Waals surface area contributed by atoms with Crippen molar-refractivity contribution in [3.8, 4) is 0 Å². The standard InChI is InChI=1S/C9H17NO6S/c1-4-9(2,8(12)13)6-10-17(14,15)5-7(11)16-3/h10H,4-6H2,1-3H3,(H,12,13). The lowest BCUT2D eigenvalue weighted by atomic mass is 9.88. The molecule has 0 bridgehead atoms. The molecule has 0 saturated heterocycles. The maximum Gasteiger partial charge on any atom is 0.322 e. The van der Waals surface area contributed by atoms with Crippen LogP contribution in [-0.4, -0.2) is 44.9 Å². The van der Waals surface area contributed by atoms with Gasteiger partial charge in [0.2, 0.25) is 10.0 Å². The van der Waals surface area contributed by atoms with Crippen LogP contribution in [0.4, 0.5) is 0 Å². The first-order valence-corrected chi connectivity index (χ1v) is 6.59. The summed E-state index contributed by atoms with van der Waals surface area (Å²) in [6.45, 7) is 2.80. The second-order valence-corrected chi connectivity index (χ2v) is 5.68. The fourth-order valence-electron chi connectivity index (χ4n) is 0.886. The summed E-state index contributed by atoms with van der Waals surface area (Å²) >= 11 is 0. The molecule has 7 nitrogen and oxygen atoms in total. The minimum atomic E-state index is -3.86. The van der Waals surface area contributed by atoms with Gasteiger partial charge in [-0.15, -0.1) is 0 Å². The van der Waals surface area contributed by atoms with Crippen molar-refractivity contribution in [3.05, 3.63) is 0 Å². The van der Waals surface area contributed by atoms with Gasteiger partial charge in [0.25, 0.3) is 0 Å². The van der Waals surface area contributed by atoms with Crippen LogP contribution in [0.15, 0.2) is 0 Å². The molecule has 0 fully saturated rings. The van der Waals surface area contributed by atoms with Gasteiger partial charge in [-0.25, -0.2) is 13.1 Å². The van der Waals surface area contributed by atoms with Crippen LogP contribution in [0.3, 0.4) is 0 Å². The van der Waals surface area contributed by atoms with Crippen LogP contribution < -0.4 is 4.72 Å². The van der Waals surface area contributed by atoms with E-state index in [1.807, 2.05) is 0 Å². The Morgan fingerprint density at radius 1 is 1.41 bits per heavy atom. The number of carboxylic acids is 1. The first-order valence-electron chi connectivity index (χ1n) is 4.94. The zero-order valence-electron chi connectivity index (χ0n) is 10.0. The third-order valence-corrected chi connectivity index (χ3v) is 3.71. The number of esters is 1. The van der Waals surface area contributed by atoms with E-state index >= 15 is 0 Å². The fourth-order valence-corrected chi connectivity index (χ4v) is 1.95. The maximum absolute atomic E-state index is 11.4. The Bertz CT molecular complexity index is 390. The third-order valence-electron chi connectivity index (χ3n) is 2.51. The highest BCUT2D eigenvalue weighted by Crippen LogP contribution is 2.20. The number of aliphatic carboxylic acids is 1. The lowest BCUT2D eigenvalue weighted by Gasteiger charge is -2.22. The van der Waals surface area contributed by atoms with Crippen LogP contribution >= 0.6 is 0 Å². The van der Waals surface area contributed by atoms with E-state index in [4.69, 9.17) is 5.11 Å². The van der Waals surface area contributed by atoms with Gasteiger partial charge < -0.3 is 9.84 Å². The Balaban J connectivity index is 4.55. The Morgan fingerprint density at radius 3 is 2.29 bits per heavy atom. The molecule has 0 aromatic carbocycles. The normalized spacial score (nSPS) is 15.0. The monoisotopic (exact) mass is 267 g/mol. The van der Waals surface area contributed by atoms with E-state index in [0.29, 0.717) is 0 Å². The summed E-state index contributed by atoms with van der Waals surface area (Å²) in [6, 6.07) is 0. The topological polar surface area (TPSA) is 110 Å². The van der Waals surface area contributed by atoms with Crippen molar-refractivity contribution < 1.29 is 27.9 Å². The summed E-state index contributed by atoms with van der Waals surface area (Å²) in [6.07, 6.45) is 0.267. The van der Waals surface area contributed by atoms with Gasteiger partial charge in [-0.3, -0.25) is 9.59 Å². The van der Waals surface area contributed by atoms with E-state index in [9.17, 15) is 18.0 Å². The van der Waals surface area contributed by atoms with Gasteiger partial charge in [-0.2, -0.15) is 0 Å². The molecule has 8 heteroatoms. The van der Waals surface area contributed by atoms with Crippen LogP contribution in [-0.2, 0) is 24.3 Å². The van der Waals surface area contributed by atoms with Crippen LogP contribution in [0.1, 0.15) is 20.3 Å². The maximum atomic E-state index is 11.4. The van der Waals surface area contributed by atoms with Crippen molar-refractivity contribution in [2.75, 3.05) is 19.4 Å². The predicted molar refractivity (Wildman–Crippen MR) is 59.8 cm³/mol. The van der Waals surface area contributed by atoms with Gasteiger partial charge in [0.1, 0.15) is 0 Å². The average molecular weight is 267 g/mol. The first kappa shape index (κ1) is 15.9. The third kappa shape index (κ3) is 5.14. The van der Waals surface area contributed by atoms with E-state index in [-0.39, 0.29) is 13.0 Å². The van der Waals surface area contributed by atoms with E-state index in [1.54, 1.807) is 6.92 Å². The lowest BCUT2D eigenvalue weighted by molar-refractivity contribution is -0.147. The smallest absolute Gasteiger partial charge is 0.322 e. The van der Waals surface area contributed by atoms with Gasteiger partial charge in [-0.1, -0.05) is 6.92 Å². The Labute approximate surface area is 100 Å². The van der Waals surface area contributed by atoms with Gasteiger partial charge >= 0.3 is 11.9 Å². The number of nitrogens with one attached hydrogen (secondary N) is 1. The van der Waals surface area contributed by atoms with Crippen molar-refractivity contribution in [1.82, 2.24) is 4.72 Å². The molecule has 0 aromatic heterocycles. The van der Waals surface area contributed by atoms with Gasteiger partial charge in [0.05, 0.1) is 12.5 Å². The largest absolute Gasteiger partial charge is 0.481 e. The lowest BCUT2D eigenvalue weighted by Crippen LogP contribution is -2.42. The highest BCUT2D eigenvalue weighted by atomic mass is 32.2. The molecule has 17 heavy (non-hydrogen) atoms. The van der Waals surface area contributed by atoms with Gasteiger partial charge in [0.15, 0.2) is 5.75 Å². The molecule has 100 valence electrons. The summed E-state index contributed by atoms with van der Waals surface area (Å²) in [7, 11) is -2.78. The van der Waals surface area contributed by atoms with Crippen molar-refractivity contribution in [3.63, 3.8) is 0 Å². The van der Waals surface area contributed by atoms with E-state index in [0.717, 1.165) is 7.11 Å². The molecular weight excluding hydrogens is 250 g/mol. The molecule has 0 spiro atoms. The minimum absolute atomic E-state index is 0.266. The Hall–Kier alpha value is -1.15. The van der Waals surface area contributed by atoms with Crippen LogP contribution in [0.25, 0.3) is 0 Å². The molecule has 0 aliphatic heterocycles. The molecule has 1 atom stereocenters. The summed E-state index contributed by atoms with van der Waals surface area (Å²) in [5.41, 5.74) is -1.19. The number of ether oxygens (including phenoxy) is 1. The summed E-state index contributed by atoms with van der Waals surface area (Å²) in [5.74, 6) is -2.81. The van der Waals surface area contributed by atoms with Crippen LogP contribution in [0.2, 0.25) is 0 Å². The molecule has 2 N–H and O–H groups in total. The quantitative estimate of drug-likeness (QED) is 0.606. The molecule has 0 aliphatic carbocycles. The number of sulfonamides is 1. The number of hydrogen-bond acceptors (Lipinski definition) is 5. The van der Waals surface area contributed by atoms with E-state index < -0.39 is 33.1 Å². The molecule has 0 amide bonds. The molecule has 0 radical (unpaired) electrons. The Kier molecular flexibility index (Phi) is 5.56. The molecule has 0 saturated carbocycles. The molecule has 0 aliphatic rings. The second-order valence-electron chi connectivity index (χ2n) is 3.88. The molecular formula is C9H17NO6S. The zero-order chi connectivity index (χ0) is 13.7. The van der Waals surface area contributed by atoms with Crippen molar-refractivity contribution >= 4 is 22.0 Å². The highest BCUT2D eigenvalue weighted by molar-refractivity contribution is 7.90. The van der Waals surface area contributed by atoms with E-state index in [2.05, 4.69) is 9.46 Å². The van der Waals surface area contributed by atoms with Crippen LogP contribution in [0.5, 0.6) is 0 Å². The molecule has 0 rings (SSSR count). The number of rotatable bonds is 7. The van der Waals surface area contributed by atoms with Gasteiger partial charge in [0, 0.05) is 6.54 Å². The summed E-state index contributed by atoms with van der Waals surface area (Å²) in [4.78, 5) is 21.7. The predicted octanol–water partition coefficient (Wildman–Crippen LogP) is -0.420. The Morgan fingerprint density at radius 2 is 1.94 bits per heavy atom. The van der Waals surface area contributed by atoms with Gasteiger partial charge in [-0.05, 0) is 13.3 Å². The minimum Gasteiger partial charge on any atom is -0.481 e. The molecule has 0 heterocycles. The second kappa shape index (κ2) is 5.97. The zero-order valence-corrected chi connectivity index (χ0v) is 10.8. The van der Waals surface area contributed by atoms with Crippen molar-refractivity contribution in [1.29, 1.82) is 0 Å². The average Bonchev–Trinajstić information content (AvgIpc) is 2.25. The molecule has 0 aromatic rings. The highest BCUT2D eigenvalue weighted by Gasteiger charge is 2.32. The number of carboxylic acid groups (broad SMARTS) is 1. The first-order chi connectivity index (χ1) is 7.67. The molecule has 1 unspecified atom stereocenters. The van der Waals surface area contributed by atoms with Crippen molar-refractivity contribution in [2.24, 2.45) is 5.41 Å². The SMILES string of the molecule is CCC(C)(CNS(=O)(=O)CC(=O)OC)C(=O)O. The summed E-state index contributed by atoms with van der Waals surface area (Å²) in [5, 5.41) is 8.93. The number of methoxy groups -OCH3 is 1. The van der Waals surface area contributed by atoms with Crippen molar-refractivity contribution in [2.45, 2.75) is 20.3 Å². The number of hydrogen-bond donors (Lipinski definition) is 2. The fraction of sp³-hybridized carbons (Fsp3) is 0.778. The van der Waals surface area contributed by atoms with E-state index in [1.165, 1.54) is 6.92 Å². The summed E-state index contributed by atoms with van der Waals surface area (Å²) < 4.78 is 29.1. The van der Waals surface area contributed by atoms with Crippen LogP contribution in [0, 0.1) is 5.41 Å². The number of carbonyl (C=O) groups excluding carboxylic acids is 1. The number of carbonyl (C=O) groups is 2.